The third kappa shape index (κ3) is 2.95. The van der Waals surface area contributed by atoms with Crippen LogP contribution in [0.15, 0.2) is 48.3 Å². The lowest BCUT2D eigenvalue weighted by molar-refractivity contribution is -0.139. The van der Waals surface area contributed by atoms with Gasteiger partial charge in [-0.25, -0.2) is 4.79 Å². The number of cyclic esters (lactones) is 1. The SMILES string of the molecule is O=C1OC(c2ccc3c(c2)OCO3)N/C1=C\NCc1ccc2c(c1)OCO2. The Kier molecular flexibility index (Phi) is 3.67. The second-order valence-corrected chi connectivity index (χ2v) is 6.17. The van der Waals surface area contributed by atoms with Crippen LogP contribution in [0.2, 0.25) is 0 Å². The lowest BCUT2D eigenvalue weighted by Gasteiger charge is -2.10. The Hall–Kier alpha value is -3.55. The standard InChI is InChI=1S/C19H16N2O6/c22-19-13(8-20-7-11-1-3-14-16(5-11)25-9-23-14)21-18(27-19)12-2-4-15-17(6-12)26-10-24-15/h1-6,8,18,20-21H,7,9-10H2/b13-8-. The molecule has 27 heavy (non-hydrogen) atoms. The van der Waals surface area contributed by atoms with Gasteiger partial charge in [-0.15, -0.1) is 0 Å². The van der Waals surface area contributed by atoms with Crippen molar-refractivity contribution < 1.29 is 28.5 Å². The van der Waals surface area contributed by atoms with Crippen molar-refractivity contribution in [2.45, 2.75) is 12.8 Å². The summed E-state index contributed by atoms with van der Waals surface area (Å²) in [5.41, 5.74) is 2.15. The Balaban J connectivity index is 1.24. The Bertz CT molecular complexity index is 942. The highest BCUT2D eigenvalue weighted by Gasteiger charge is 2.30. The molecule has 3 aliphatic heterocycles. The molecule has 8 heteroatoms. The van der Waals surface area contributed by atoms with Gasteiger partial charge in [-0.1, -0.05) is 6.07 Å². The molecule has 0 saturated carbocycles. The van der Waals surface area contributed by atoms with Crippen molar-refractivity contribution in [3.8, 4) is 23.0 Å². The molecule has 5 rings (SSSR count). The molecule has 0 bridgehead atoms. The molecular weight excluding hydrogens is 352 g/mol. The van der Waals surface area contributed by atoms with Gasteiger partial charge in [0, 0.05) is 18.3 Å². The van der Waals surface area contributed by atoms with Crippen molar-refractivity contribution in [3.05, 3.63) is 59.4 Å². The minimum atomic E-state index is -0.564. The summed E-state index contributed by atoms with van der Waals surface area (Å²) >= 11 is 0. The molecule has 138 valence electrons. The number of fused-ring (bicyclic) bond motifs is 2. The zero-order valence-electron chi connectivity index (χ0n) is 14.2. The molecule has 2 aromatic carbocycles. The second kappa shape index (κ2) is 6.31. The van der Waals surface area contributed by atoms with Crippen molar-refractivity contribution in [3.63, 3.8) is 0 Å². The maximum atomic E-state index is 12.1. The van der Waals surface area contributed by atoms with Crippen LogP contribution in [0.3, 0.4) is 0 Å². The molecule has 1 fully saturated rings. The van der Waals surface area contributed by atoms with Crippen LogP contribution in [-0.4, -0.2) is 19.6 Å². The molecule has 0 spiro atoms. The van der Waals surface area contributed by atoms with Crippen molar-refractivity contribution >= 4 is 5.97 Å². The first kappa shape index (κ1) is 15.7. The van der Waals surface area contributed by atoms with Gasteiger partial charge in [0.1, 0.15) is 5.70 Å². The van der Waals surface area contributed by atoms with Crippen molar-refractivity contribution in [2.24, 2.45) is 0 Å². The van der Waals surface area contributed by atoms with Crippen molar-refractivity contribution in [2.75, 3.05) is 13.6 Å². The van der Waals surface area contributed by atoms with E-state index in [9.17, 15) is 4.79 Å². The first-order chi connectivity index (χ1) is 13.3. The molecule has 1 unspecified atom stereocenters. The van der Waals surface area contributed by atoms with Gasteiger partial charge in [-0.2, -0.15) is 0 Å². The number of hydrogen-bond donors (Lipinski definition) is 2. The largest absolute Gasteiger partial charge is 0.454 e. The fourth-order valence-electron chi connectivity index (χ4n) is 3.05. The van der Waals surface area contributed by atoms with Gasteiger partial charge in [0.15, 0.2) is 29.2 Å². The molecular formula is C19H16N2O6. The minimum Gasteiger partial charge on any atom is -0.454 e. The predicted molar refractivity (Wildman–Crippen MR) is 92.0 cm³/mol. The first-order valence-electron chi connectivity index (χ1n) is 8.45. The van der Waals surface area contributed by atoms with Crippen LogP contribution in [-0.2, 0) is 16.1 Å². The third-order valence-electron chi connectivity index (χ3n) is 4.42. The molecule has 3 aliphatic rings. The zero-order valence-corrected chi connectivity index (χ0v) is 14.2. The minimum absolute atomic E-state index is 0.200. The average molecular weight is 368 g/mol. The molecule has 8 nitrogen and oxygen atoms in total. The summed E-state index contributed by atoms with van der Waals surface area (Å²) in [7, 11) is 0. The molecule has 1 saturated heterocycles. The van der Waals surface area contributed by atoms with Crippen LogP contribution in [0, 0.1) is 0 Å². The van der Waals surface area contributed by atoms with Crippen LogP contribution in [0.5, 0.6) is 23.0 Å². The van der Waals surface area contributed by atoms with Gasteiger partial charge < -0.3 is 34.3 Å². The summed E-state index contributed by atoms with van der Waals surface area (Å²) in [4.78, 5) is 12.1. The van der Waals surface area contributed by atoms with Gasteiger partial charge in [-0.05, 0) is 35.9 Å². The highest BCUT2D eigenvalue weighted by molar-refractivity contribution is 5.89. The zero-order chi connectivity index (χ0) is 18.2. The van der Waals surface area contributed by atoms with E-state index < -0.39 is 12.2 Å². The number of carbonyl (C=O) groups is 1. The van der Waals surface area contributed by atoms with E-state index in [0.29, 0.717) is 23.7 Å². The van der Waals surface area contributed by atoms with E-state index >= 15 is 0 Å². The Morgan fingerprint density at radius 3 is 2.48 bits per heavy atom. The van der Waals surface area contributed by atoms with Crippen molar-refractivity contribution in [1.29, 1.82) is 0 Å². The molecule has 0 radical (unpaired) electrons. The van der Waals surface area contributed by atoms with E-state index in [-0.39, 0.29) is 13.6 Å². The predicted octanol–water partition coefficient (Wildman–Crippen LogP) is 1.92. The number of rotatable bonds is 4. The van der Waals surface area contributed by atoms with Gasteiger partial charge in [-0.3, -0.25) is 0 Å². The summed E-state index contributed by atoms with van der Waals surface area (Å²) in [6.07, 6.45) is 1.05. The fourth-order valence-corrected chi connectivity index (χ4v) is 3.05. The summed E-state index contributed by atoms with van der Waals surface area (Å²) in [5, 5.41) is 6.17. The van der Waals surface area contributed by atoms with E-state index in [2.05, 4.69) is 10.6 Å². The monoisotopic (exact) mass is 368 g/mol. The van der Waals surface area contributed by atoms with E-state index in [4.69, 9.17) is 23.7 Å². The fraction of sp³-hybridized carbons (Fsp3) is 0.211. The summed E-state index contributed by atoms with van der Waals surface area (Å²) in [6, 6.07) is 11.1. The Morgan fingerprint density at radius 2 is 1.67 bits per heavy atom. The number of carbonyl (C=O) groups excluding carboxylic acids is 1. The molecule has 3 heterocycles. The lowest BCUT2D eigenvalue weighted by Crippen LogP contribution is -2.16. The maximum absolute atomic E-state index is 12.1. The highest BCUT2D eigenvalue weighted by atomic mass is 16.7. The number of hydrogen-bond acceptors (Lipinski definition) is 8. The summed E-state index contributed by atoms with van der Waals surface area (Å²) in [6.45, 7) is 0.975. The van der Waals surface area contributed by atoms with Crippen LogP contribution in [0.1, 0.15) is 17.4 Å². The normalized spacial score (nSPS) is 20.5. The highest BCUT2D eigenvalue weighted by Crippen LogP contribution is 2.36. The van der Waals surface area contributed by atoms with Crippen LogP contribution < -0.4 is 29.6 Å². The van der Waals surface area contributed by atoms with Gasteiger partial charge >= 0.3 is 5.97 Å². The van der Waals surface area contributed by atoms with Crippen LogP contribution in [0.25, 0.3) is 0 Å². The van der Waals surface area contributed by atoms with Gasteiger partial charge in [0.2, 0.25) is 13.6 Å². The number of nitrogens with one attached hydrogen (secondary N) is 2. The number of benzene rings is 2. The van der Waals surface area contributed by atoms with E-state index in [1.807, 2.05) is 24.3 Å². The quantitative estimate of drug-likeness (QED) is 0.625. The summed E-state index contributed by atoms with van der Waals surface area (Å²) < 4.78 is 26.7. The van der Waals surface area contributed by atoms with Gasteiger partial charge in [0.05, 0.1) is 0 Å². The number of ether oxygens (including phenoxy) is 5. The molecule has 0 amide bonds. The molecule has 0 aliphatic carbocycles. The number of esters is 1. The lowest BCUT2D eigenvalue weighted by atomic mass is 10.2. The topological polar surface area (TPSA) is 87.3 Å². The van der Waals surface area contributed by atoms with Crippen LogP contribution in [0.4, 0.5) is 0 Å². The maximum Gasteiger partial charge on any atom is 0.358 e. The average Bonchev–Trinajstić information content (AvgIpc) is 3.40. The molecule has 2 aromatic rings. The first-order valence-corrected chi connectivity index (χ1v) is 8.45. The Morgan fingerprint density at radius 1 is 0.963 bits per heavy atom. The van der Waals surface area contributed by atoms with E-state index in [1.165, 1.54) is 0 Å². The smallest absolute Gasteiger partial charge is 0.358 e. The van der Waals surface area contributed by atoms with Crippen LogP contribution >= 0.6 is 0 Å². The van der Waals surface area contributed by atoms with Crippen molar-refractivity contribution in [1.82, 2.24) is 10.6 Å². The Labute approximate surface area is 154 Å². The molecule has 0 aromatic heterocycles. The van der Waals surface area contributed by atoms with E-state index in [0.717, 1.165) is 22.6 Å². The van der Waals surface area contributed by atoms with Gasteiger partial charge in [0.25, 0.3) is 0 Å². The second-order valence-electron chi connectivity index (χ2n) is 6.17. The molecule has 1 atom stereocenters. The summed E-state index contributed by atoms with van der Waals surface area (Å²) in [5.74, 6) is 2.37. The third-order valence-corrected chi connectivity index (χ3v) is 4.42. The molecule has 2 N–H and O–H groups in total. The van der Waals surface area contributed by atoms with E-state index in [1.54, 1.807) is 18.3 Å².